The molecule has 0 radical (unpaired) electrons. The van der Waals surface area contributed by atoms with E-state index in [-0.39, 0.29) is 12.5 Å². The Morgan fingerprint density at radius 1 is 1.35 bits per heavy atom. The van der Waals surface area contributed by atoms with Gasteiger partial charge in [-0.05, 0) is 44.4 Å². The Morgan fingerprint density at radius 3 is 2.29 bits per heavy atom. The molecule has 0 aliphatic carbocycles. The van der Waals surface area contributed by atoms with Crippen LogP contribution >= 0.6 is 11.8 Å². The highest BCUT2D eigenvalue weighted by molar-refractivity contribution is 7.98. The van der Waals surface area contributed by atoms with Gasteiger partial charge in [-0.2, -0.15) is 0 Å². The van der Waals surface area contributed by atoms with Crippen LogP contribution in [0.4, 0.5) is 0 Å². The largest absolute Gasteiger partial charge is 0.394 e. The Kier molecular flexibility index (Phi) is 4.60. The molecule has 1 aromatic carbocycles. The van der Waals surface area contributed by atoms with Crippen LogP contribution in [-0.4, -0.2) is 41.4 Å². The van der Waals surface area contributed by atoms with Crippen LogP contribution in [0.3, 0.4) is 0 Å². The molecule has 0 bridgehead atoms. The topological polar surface area (TPSA) is 40.5 Å². The van der Waals surface area contributed by atoms with E-state index < -0.39 is 5.54 Å². The van der Waals surface area contributed by atoms with Crippen LogP contribution in [0.15, 0.2) is 29.2 Å². The molecule has 17 heavy (non-hydrogen) atoms. The molecular formula is C13H19NO2S. The molecule has 1 rings (SSSR count). The monoisotopic (exact) mass is 253 g/mol. The molecule has 4 heteroatoms. The minimum absolute atomic E-state index is 0.0574. The van der Waals surface area contributed by atoms with Crippen molar-refractivity contribution in [1.82, 2.24) is 4.90 Å². The molecule has 0 saturated heterocycles. The lowest BCUT2D eigenvalue weighted by atomic mass is 10.0. The number of carbonyl (C=O) groups excluding carboxylic acids is 1. The van der Waals surface area contributed by atoms with E-state index in [1.165, 1.54) is 0 Å². The Balaban J connectivity index is 2.89. The molecule has 0 saturated carbocycles. The van der Waals surface area contributed by atoms with Gasteiger partial charge in [-0.1, -0.05) is 0 Å². The van der Waals surface area contributed by atoms with E-state index in [1.807, 2.05) is 44.4 Å². The van der Waals surface area contributed by atoms with Crippen molar-refractivity contribution in [2.75, 3.05) is 19.9 Å². The van der Waals surface area contributed by atoms with Crippen LogP contribution in [0.5, 0.6) is 0 Å². The number of hydrogen-bond acceptors (Lipinski definition) is 3. The van der Waals surface area contributed by atoms with Crippen molar-refractivity contribution in [2.24, 2.45) is 0 Å². The van der Waals surface area contributed by atoms with Crippen molar-refractivity contribution >= 4 is 17.7 Å². The summed E-state index contributed by atoms with van der Waals surface area (Å²) >= 11 is 1.64. The van der Waals surface area contributed by atoms with Crippen molar-refractivity contribution in [3.63, 3.8) is 0 Å². The average Bonchev–Trinajstić information content (AvgIpc) is 2.37. The van der Waals surface area contributed by atoms with E-state index in [9.17, 15) is 9.90 Å². The molecule has 0 atom stereocenters. The van der Waals surface area contributed by atoms with E-state index in [4.69, 9.17) is 0 Å². The molecule has 1 N–H and O–H groups in total. The summed E-state index contributed by atoms with van der Waals surface area (Å²) in [7, 11) is 1.71. The summed E-state index contributed by atoms with van der Waals surface area (Å²) in [4.78, 5) is 14.9. The van der Waals surface area contributed by atoms with Gasteiger partial charge in [-0.3, -0.25) is 4.79 Å². The van der Waals surface area contributed by atoms with Gasteiger partial charge in [0.05, 0.1) is 12.1 Å². The van der Waals surface area contributed by atoms with E-state index in [2.05, 4.69) is 0 Å². The van der Waals surface area contributed by atoms with Crippen LogP contribution in [0.2, 0.25) is 0 Å². The molecule has 3 nitrogen and oxygen atoms in total. The fourth-order valence-electron chi connectivity index (χ4n) is 1.31. The second-order valence-corrected chi connectivity index (χ2v) is 5.44. The Labute approximate surface area is 107 Å². The smallest absolute Gasteiger partial charge is 0.254 e. The molecule has 0 aliphatic rings. The van der Waals surface area contributed by atoms with Crippen molar-refractivity contribution in [3.8, 4) is 0 Å². The predicted octanol–water partition coefficient (Wildman–Crippen LogP) is 2.25. The van der Waals surface area contributed by atoms with Gasteiger partial charge in [-0.25, -0.2) is 0 Å². The maximum atomic E-state index is 12.2. The molecule has 0 aromatic heterocycles. The first-order chi connectivity index (χ1) is 7.92. The summed E-state index contributed by atoms with van der Waals surface area (Å²) in [6.07, 6.45) is 2.00. The highest BCUT2D eigenvalue weighted by atomic mass is 32.2. The summed E-state index contributed by atoms with van der Waals surface area (Å²) in [5, 5.41) is 9.25. The number of aliphatic hydroxyl groups is 1. The maximum absolute atomic E-state index is 12.2. The van der Waals surface area contributed by atoms with Crippen molar-refractivity contribution in [3.05, 3.63) is 29.8 Å². The van der Waals surface area contributed by atoms with Gasteiger partial charge in [0.2, 0.25) is 0 Å². The lowest BCUT2D eigenvalue weighted by molar-refractivity contribution is 0.0473. The summed E-state index contributed by atoms with van der Waals surface area (Å²) in [5.74, 6) is -0.0725. The van der Waals surface area contributed by atoms with Gasteiger partial charge in [0.25, 0.3) is 5.91 Å². The number of nitrogens with zero attached hydrogens (tertiary/aromatic N) is 1. The highest BCUT2D eigenvalue weighted by Gasteiger charge is 2.27. The zero-order valence-corrected chi connectivity index (χ0v) is 11.5. The Bertz CT molecular complexity index is 387. The van der Waals surface area contributed by atoms with Gasteiger partial charge in [0.15, 0.2) is 0 Å². The quantitative estimate of drug-likeness (QED) is 0.837. The third-order valence-corrected chi connectivity index (χ3v) is 3.68. The van der Waals surface area contributed by atoms with E-state index in [0.29, 0.717) is 5.56 Å². The molecule has 0 aliphatic heterocycles. The Morgan fingerprint density at radius 2 is 1.88 bits per heavy atom. The summed E-state index contributed by atoms with van der Waals surface area (Å²) in [6.45, 7) is 3.61. The predicted molar refractivity (Wildman–Crippen MR) is 71.5 cm³/mol. The van der Waals surface area contributed by atoms with Gasteiger partial charge >= 0.3 is 0 Å². The molecule has 1 amide bonds. The van der Waals surface area contributed by atoms with Gasteiger partial charge < -0.3 is 10.0 Å². The molecule has 94 valence electrons. The van der Waals surface area contributed by atoms with Crippen LogP contribution in [0.25, 0.3) is 0 Å². The number of likely N-dealkylation sites (N-methyl/N-ethyl adjacent to an activating group) is 1. The first-order valence-electron chi connectivity index (χ1n) is 5.45. The second kappa shape index (κ2) is 5.56. The number of amides is 1. The van der Waals surface area contributed by atoms with Gasteiger partial charge in [-0.15, -0.1) is 11.8 Å². The molecule has 0 unspecified atom stereocenters. The summed E-state index contributed by atoms with van der Waals surface area (Å²) in [6, 6.07) is 7.49. The highest BCUT2D eigenvalue weighted by Crippen LogP contribution is 2.18. The standard InChI is InChI=1S/C13H19NO2S/c1-13(2,9-15)14(3)12(16)10-5-7-11(17-4)8-6-10/h5-8,15H,9H2,1-4H3. The number of rotatable bonds is 4. The van der Waals surface area contributed by atoms with Crippen LogP contribution < -0.4 is 0 Å². The second-order valence-electron chi connectivity index (χ2n) is 4.56. The molecule has 0 spiro atoms. The maximum Gasteiger partial charge on any atom is 0.254 e. The third kappa shape index (κ3) is 3.23. The summed E-state index contributed by atoms with van der Waals surface area (Å²) < 4.78 is 0. The van der Waals surface area contributed by atoms with Crippen molar-refractivity contribution in [2.45, 2.75) is 24.3 Å². The molecular weight excluding hydrogens is 234 g/mol. The van der Waals surface area contributed by atoms with Gasteiger partial charge in [0.1, 0.15) is 0 Å². The van der Waals surface area contributed by atoms with Crippen LogP contribution in [-0.2, 0) is 0 Å². The normalized spacial score (nSPS) is 11.4. The van der Waals surface area contributed by atoms with Crippen molar-refractivity contribution in [1.29, 1.82) is 0 Å². The van der Waals surface area contributed by atoms with Gasteiger partial charge in [0, 0.05) is 17.5 Å². The minimum Gasteiger partial charge on any atom is -0.394 e. The van der Waals surface area contributed by atoms with Crippen LogP contribution in [0, 0.1) is 0 Å². The number of aliphatic hydroxyl groups excluding tert-OH is 1. The lowest BCUT2D eigenvalue weighted by Gasteiger charge is -2.34. The van der Waals surface area contributed by atoms with E-state index in [0.717, 1.165) is 4.90 Å². The average molecular weight is 253 g/mol. The number of thioether (sulfide) groups is 1. The number of hydrogen-bond donors (Lipinski definition) is 1. The fourth-order valence-corrected chi connectivity index (χ4v) is 1.72. The first kappa shape index (κ1) is 14.1. The SMILES string of the molecule is CSc1ccc(C(=O)N(C)C(C)(C)CO)cc1. The molecule has 0 heterocycles. The zero-order valence-electron chi connectivity index (χ0n) is 10.7. The lowest BCUT2D eigenvalue weighted by Crippen LogP contribution is -2.47. The molecule has 1 aromatic rings. The summed E-state index contributed by atoms with van der Waals surface area (Å²) in [5.41, 5.74) is 0.0988. The van der Waals surface area contributed by atoms with Crippen LogP contribution in [0.1, 0.15) is 24.2 Å². The van der Waals surface area contributed by atoms with E-state index >= 15 is 0 Å². The minimum atomic E-state index is -0.546. The molecule has 0 fully saturated rings. The first-order valence-corrected chi connectivity index (χ1v) is 6.68. The number of carbonyl (C=O) groups is 1. The zero-order chi connectivity index (χ0) is 13.1. The third-order valence-electron chi connectivity index (χ3n) is 2.94. The van der Waals surface area contributed by atoms with Crippen molar-refractivity contribution < 1.29 is 9.90 Å². The fraction of sp³-hybridized carbons (Fsp3) is 0.462. The Hall–Kier alpha value is -1.00. The van der Waals surface area contributed by atoms with E-state index in [1.54, 1.807) is 23.7 Å². The number of benzene rings is 1.